The van der Waals surface area contributed by atoms with Gasteiger partial charge in [0.15, 0.2) is 17.5 Å². The van der Waals surface area contributed by atoms with E-state index in [1.54, 1.807) is 0 Å². The lowest BCUT2D eigenvalue weighted by atomic mass is 9.94. The van der Waals surface area contributed by atoms with Gasteiger partial charge in [0, 0.05) is 59.8 Å². The third-order valence-electron chi connectivity index (χ3n) is 13.1. The summed E-state index contributed by atoms with van der Waals surface area (Å²) >= 11 is 0. The molecule has 5 nitrogen and oxygen atoms in total. The van der Waals surface area contributed by atoms with Gasteiger partial charge in [0.1, 0.15) is 0 Å². The smallest absolute Gasteiger partial charge is 0.165 e. The maximum absolute atomic E-state index is 5.58. The fraction of sp³-hybridized carbons (Fsp3) is 0. The Bertz CT molecular complexity index is 3940. The molecular formula is C57H33N5. The zero-order valence-electron chi connectivity index (χ0n) is 33.3. The van der Waals surface area contributed by atoms with Crippen molar-refractivity contribution in [1.29, 1.82) is 0 Å². The molecule has 0 amide bonds. The minimum Gasteiger partial charge on any atom is -0.308 e. The van der Waals surface area contributed by atoms with Crippen molar-refractivity contribution in [2.45, 2.75) is 0 Å². The first-order chi connectivity index (χ1) is 30.8. The van der Waals surface area contributed by atoms with Gasteiger partial charge in [-0.1, -0.05) is 182 Å². The highest BCUT2D eigenvalue weighted by Crippen LogP contribution is 2.48. The predicted octanol–water partition coefficient (Wildman–Crippen LogP) is 14.6. The monoisotopic (exact) mass is 787 g/mol. The van der Waals surface area contributed by atoms with Crippen LogP contribution in [0, 0.1) is 0 Å². The SMILES string of the molecule is c1ccc(-c2nc(-c3ccccc3)nc(-c3c4c5ccccc5c5cccc6c7ccccc7n(c4cc4c3c3ccccc3c3cccc7c8ccccc8n4c37)c56)n2)cc1. The standard InChI is InChI=1S/C57H33N5/c1-3-17-34(18-4-1)55-58-56(35-19-5-2-6-20-35)60-57(59-55)52-50-40-25-9-7-21-36(40)42-27-15-29-44-38-23-11-13-31-46(38)61(53(42)44)48(50)33-49-51(52)41-26-10-8-22-37(41)43-28-16-30-45-39-24-12-14-32-47(39)62(49)54(43)45/h1-33H. The van der Waals surface area contributed by atoms with Gasteiger partial charge in [0.05, 0.1) is 33.1 Å². The lowest BCUT2D eigenvalue weighted by Crippen LogP contribution is -2.02. The highest BCUT2D eigenvalue weighted by molar-refractivity contribution is 6.33. The number of aromatic nitrogens is 5. The molecule has 0 radical (unpaired) electrons. The molecule has 5 heterocycles. The zero-order chi connectivity index (χ0) is 40.5. The molecular weight excluding hydrogens is 755 g/mol. The summed E-state index contributed by atoms with van der Waals surface area (Å²) in [6.07, 6.45) is 0. The molecule has 0 aliphatic rings. The molecule has 0 unspecified atom stereocenters. The van der Waals surface area contributed by atoms with Gasteiger partial charge < -0.3 is 8.80 Å². The number of benzene rings is 9. The molecule has 5 heteroatoms. The average Bonchev–Trinajstić information content (AvgIpc) is 3.78. The first kappa shape index (κ1) is 33.4. The third kappa shape index (κ3) is 4.48. The zero-order valence-corrected chi connectivity index (χ0v) is 33.3. The Labute approximate surface area is 354 Å². The molecule has 5 aromatic heterocycles. The number of rotatable bonds is 3. The van der Waals surface area contributed by atoms with Crippen LogP contribution in [0.25, 0.3) is 132 Å². The lowest BCUT2D eigenvalue weighted by Gasteiger charge is -2.15. The molecule has 14 aromatic rings. The van der Waals surface area contributed by atoms with Crippen molar-refractivity contribution in [3.63, 3.8) is 0 Å². The molecule has 0 N–H and O–H groups in total. The molecule has 62 heavy (non-hydrogen) atoms. The molecule has 0 spiro atoms. The number of nitrogens with zero attached hydrogens (tertiary/aromatic N) is 5. The summed E-state index contributed by atoms with van der Waals surface area (Å²) in [7, 11) is 0. The van der Waals surface area contributed by atoms with E-state index >= 15 is 0 Å². The lowest BCUT2D eigenvalue weighted by molar-refractivity contribution is 1.08. The second-order valence-electron chi connectivity index (χ2n) is 16.3. The van der Waals surface area contributed by atoms with Gasteiger partial charge in [0.25, 0.3) is 0 Å². The molecule has 0 aliphatic heterocycles. The summed E-state index contributed by atoms with van der Waals surface area (Å²) in [6, 6.07) is 72.1. The summed E-state index contributed by atoms with van der Waals surface area (Å²) in [5, 5.41) is 14.0. The van der Waals surface area contributed by atoms with E-state index in [1.165, 1.54) is 54.1 Å². The van der Waals surface area contributed by atoms with Crippen molar-refractivity contribution >= 4 is 97.7 Å². The van der Waals surface area contributed by atoms with Crippen LogP contribution in [0.1, 0.15) is 0 Å². The van der Waals surface area contributed by atoms with Crippen LogP contribution in [-0.2, 0) is 0 Å². The Morgan fingerprint density at radius 1 is 0.258 bits per heavy atom. The van der Waals surface area contributed by atoms with Crippen LogP contribution in [0.15, 0.2) is 200 Å². The van der Waals surface area contributed by atoms with Gasteiger partial charge in [-0.3, -0.25) is 0 Å². The summed E-state index contributed by atoms with van der Waals surface area (Å²) in [5.41, 5.74) is 9.65. The normalized spacial score (nSPS) is 12.2. The molecule has 0 atom stereocenters. The van der Waals surface area contributed by atoms with Crippen LogP contribution >= 0.6 is 0 Å². The van der Waals surface area contributed by atoms with Crippen LogP contribution in [0.2, 0.25) is 0 Å². The summed E-state index contributed by atoms with van der Waals surface area (Å²) in [4.78, 5) is 16.4. The summed E-state index contributed by atoms with van der Waals surface area (Å²) < 4.78 is 5.03. The van der Waals surface area contributed by atoms with E-state index in [0.29, 0.717) is 17.5 Å². The number of hydrogen-bond acceptors (Lipinski definition) is 3. The van der Waals surface area contributed by atoms with E-state index in [-0.39, 0.29) is 0 Å². The summed E-state index contributed by atoms with van der Waals surface area (Å²) in [6.45, 7) is 0. The Balaban J connectivity index is 1.37. The molecule has 9 aromatic carbocycles. The van der Waals surface area contributed by atoms with Crippen molar-refractivity contribution in [3.05, 3.63) is 200 Å². The maximum Gasteiger partial charge on any atom is 0.165 e. The topological polar surface area (TPSA) is 47.5 Å². The number of hydrogen-bond donors (Lipinski definition) is 0. The van der Waals surface area contributed by atoms with E-state index in [9.17, 15) is 0 Å². The second-order valence-corrected chi connectivity index (χ2v) is 16.3. The molecule has 14 rings (SSSR count). The van der Waals surface area contributed by atoms with Gasteiger partial charge in [-0.2, -0.15) is 0 Å². The van der Waals surface area contributed by atoms with Crippen molar-refractivity contribution in [2.24, 2.45) is 0 Å². The van der Waals surface area contributed by atoms with Crippen LogP contribution < -0.4 is 0 Å². The maximum atomic E-state index is 5.58. The van der Waals surface area contributed by atoms with Gasteiger partial charge in [-0.05, 0) is 39.7 Å². The predicted molar refractivity (Wildman–Crippen MR) is 258 cm³/mol. The number of fused-ring (bicyclic) bond motifs is 16. The second kappa shape index (κ2) is 12.6. The molecule has 0 saturated heterocycles. The average molecular weight is 788 g/mol. The van der Waals surface area contributed by atoms with Crippen LogP contribution in [0.5, 0.6) is 0 Å². The fourth-order valence-corrected chi connectivity index (χ4v) is 10.5. The molecule has 286 valence electrons. The van der Waals surface area contributed by atoms with Crippen LogP contribution in [-0.4, -0.2) is 23.8 Å². The van der Waals surface area contributed by atoms with Crippen molar-refractivity contribution in [3.8, 4) is 34.2 Å². The van der Waals surface area contributed by atoms with Crippen molar-refractivity contribution in [2.75, 3.05) is 0 Å². The van der Waals surface area contributed by atoms with E-state index < -0.39 is 0 Å². The number of para-hydroxylation sites is 4. The minimum absolute atomic E-state index is 0.618. The van der Waals surface area contributed by atoms with Gasteiger partial charge in [-0.15, -0.1) is 0 Å². The van der Waals surface area contributed by atoms with Crippen molar-refractivity contribution < 1.29 is 0 Å². The highest BCUT2D eigenvalue weighted by Gasteiger charge is 2.26. The Morgan fingerprint density at radius 2 is 0.597 bits per heavy atom. The van der Waals surface area contributed by atoms with E-state index in [4.69, 9.17) is 15.0 Å². The van der Waals surface area contributed by atoms with E-state index in [1.807, 2.05) is 36.4 Å². The minimum atomic E-state index is 0.618. The Kier molecular flexibility index (Phi) is 6.77. The highest BCUT2D eigenvalue weighted by atomic mass is 15.0. The molecule has 0 aliphatic carbocycles. The van der Waals surface area contributed by atoms with E-state index in [2.05, 4.69) is 173 Å². The van der Waals surface area contributed by atoms with Crippen LogP contribution in [0.3, 0.4) is 0 Å². The Hall–Kier alpha value is -8.41. The van der Waals surface area contributed by atoms with Gasteiger partial charge in [0.2, 0.25) is 0 Å². The van der Waals surface area contributed by atoms with Gasteiger partial charge >= 0.3 is 0 Å². The molecule has 0 saturated carbocycles. The summed E-state index contributed by atoms with van der Waals surface area (Å²) in [5.74, 6) is 1.87. The largest absolute Gasteiger partial charge is 0.308 e. The van der Waals surface area contributed by atoms with Crippen LogP contribution in [0.4, 0.5) is 0 Å². The van der Waals surface area contributed by atoms with E-state index in [0.717, 1.165) is 60.3 Å². The Morgan fingerprint density at radius 3 is 1.05 bits per heavy atom. The molecule has 0 fully saturated rings. The fourth-order valence-electron chi connectivity index (χ4n) is 10.5. The van der Waals surface area contributed by atoms with Gasteiger partial charge in [-0.25, -0.2) is 15.0 Å². The first-order valence-corrected chi connectivity index (χ1v) is 21.1. The quantitative estimate of drug-likeness (QED) is 0.179. The third-order valence-corrected chi connectivity index (χ3v) is 13.1. The molecule has 0 bridgehead atoms. The first-order valence-electron chi connectivity index (χ1n) is 21.1. The van der Waals surface area contributed by atoms with Crippen molar-refractivity contribution in [1.82, 2.24) is 23.8 Å².